The quantitative estimate of drug-likeness (QED) is 0.711. The van der Waals surface area contributed by atoms with Gasteiger partial charge >= 0.3 is 0 Å². The Bertz CT molecular complexity index is 1020. The maximum Gasteiger partial charge on any atom is 0.260 e. The number of nitrogens with zero attached hydrogens (tertiary/aromatic N) is 2. The highest BCUT2D eigenvalue weighted by Crippen LogP contribution is 2.28. The second kappa shape index (κ2) is 6.68. The van der Waals surface area contributed by atoms with Gasteiger partial charge in [0.05, 0.1) is 17.1 Å². The molecule has 138 valence electrons. The van der Waals surface area contributed by atoms with Crippen LogP contribution in [0, 0.1) is 11.7 Å². The van der Waals surface area contributed by atoms with E-state index in [9.17, 15) is 9.18 Å². The van der Waals surface area contributed by atoms with Crippen molar-refractivity contribution in [3.63, 3.8) is 0 Å². The molecule has 1 atom stereocenters. The molecule has 0 aliphatic heterocycles. The summed E-state index contributed by atoms with van der Waals surface area (Å²) in [6, 6.07) is 5.30. The van der Waals surface area contributed by atoms with Crippen molar-refractivity contribution in [3.05, 3.63) is 46.8 Å². The van der Waals surface area contributed by atoms with Crippen LogP contribution in [0.3, 0.4) is 0 Å². The van der Waals surface area contributed by atoms with Gasteiger partial charge in [-0.15, -0.1) is 0 Å². The van der Waals surface area contributed by atoms with Crippen LogP contribution in [0.15, 0.2) is 35.4 Å². The number of aryl methyl sites for hydroxylation is 1. The summed E-state index contributed by atoms with van der Waals surface area (Å²) >= 11 is 0. The Morgan fingerprint density at radius 1 is 1.31 bits per heavy atom. The number of hydrogen-bond acceptors (Lipinski definition) is 4. The van der Waals surface area contributed by atoms with Gasteiger partial charge in [0, 0.05) is 35.6 Å². The molecule has 1 aromatic carbocycles. The van der Waals surface area contributed by atoms with Crippen molar-refractivity contribution in [3.8, 4) is 5.75 Å². The summed E-state index contributed by atoms with van der Waals surface area (Å²) in [6.45, 7) is 6.55. The molecule has 5 nitrogen and oxygen atoms in total. The van der Waals surface area contributed by atoms with Crippen LogP contribution in [0.25, 0.3) is 21.7 Å². The zero-order valence-electron chi connectivity index (χ0n) is 15.5. The molecule has 3 aromatic rings. The Morgan fingerprint density at radius 2 is 2.04 bits per heavy atom. The lowest BCUT2D eigenvalue weighted by molar-refractivity contribution is 0.207. The van der Waals surface area contributed by atoms with Crippen LogP contribution in [0.2, 0.25) is 0 Å². The number of halogens is 1. The van der Waals surface area contributed by atoms with E-state index in [0.717, 1.165) is 12.6 Å². The van der Waals surface area contributed by atoms with E-state index in [2.05, 4.69) is 18.8 Å². The highest BCUT2D eigenvalue weighted by Gasteiger charge is 2.21. The second-order valence-electron chi connectivity index (χ2n) is 7.63. The summed E-state index contributed by atoms with van der Waals surface area (Å²) in [6.07, 6.45) is 3.36. The molecule has 0 saturated carbocycles. The van der Waals surface area contributed by atoms with Gasteiger partial charge in [-0.3, -0.25) is 9.78 Å². The lowest BCUT2D eigenvalue weighted by Gasteiger charge is -2.26. The maximum atomic E-state index is 14.3. The maximum absolute atomic E-state index is 14.3. The zero-order chi connectivity index (χ0) is 19.1. The average molecular weight is 357 g/mol. The molecule has 3 rings (SSSR count). The fourth-order valence-corrected chi connectivity index (χ4v) is 3.49. The van der Waals surface area contributed by atoms with Crippen LogP contribution < -0.4 is 16.0 Å². The minimum atomic E-state index is -0.509. The Kier molecular flexibility index (Phi) is 4.71. The van der Waals surface area contributed by atoms with Crippen molar-refractivity contribution in [1.82, 2.24) is 9.55 Å². The van der Waals surface area contributed by atoms with Crippen molar-refractivity contribution in [2.24, 2.45) is 18.7 Å². The smallest absolute Gasteiger partial charge is 0.260 e. The van der Waals surface area contributed by atoms with Crippen LogP contribution in [0.1, 0.15) is 27.2 Å². The molecule has 2 aromatic heterocycles. The van der Waals surface area contributed by atoms with Gasteiger partial charge in [-0.05, 0) is 31.4 Å². The summed E-state index contributed by atoms with van der Waals surface area (Å²) in [7, 11) is 1.66. The van der Waals surface area contributed by atoms with Crippen LogP contribution in [-0.4, -0.2) is 21.7 Å². The number of ether oxygens (including phenoxy) is 1. The molecule has 0 bridgehead atoms. The molecule has 0 amide bonds. The Hall–Kier alpha value is -2.47. The SMILES string of the molecule is CC(C)CC(C)(N)COc1ccc2c3c(F)cncc3c(=O)n(C)c2c1. The van der Waals surface area contributed by atoms with E-state index in [0.29, 0.717) is 29.2 Å². The van der Waals surface area contributed by atoms with Gasteiger partial charge in [0.1, 0.15) is 18.2 Å². The van der Waals surface area contributed by atoms with Gasteiger partial charge in [0.15, 0.2) is 0 Å². The molecule has 6 heteroatoms. The molecule has 1 unspecified atom stereocenters. The van der Waals surface area contributed by atoms with Crippen molar-refractivity contribution < 1.29 is 9.13 Å². The van der Waals surface area contributed by atoms with E-state index in [1.807, 2.05) is 6.92 Å². The standard InChI is InChI=1S/C20H24FN3O2/c1-12(2)8-20(3,22)11-26-13-5-6-14-17(7-13)24(4)19(25)15-9-23-10-16(21)18(14)15/h5-7,9-10,12H,8,11,22H2,1-4H3. The first-order valence-electron chi connectivity index (χ1n) is 8.67. The van der Waals surface area contributed by atoms with Crippen LogP contribution >= 0.6 is 0 Å². The fraction of sp³-hybridized carbons (Fsp3) is 0.400. The second-order valence-corrected chi connectivity index (χ2v) is 7.63. The van der Waals surface area contributed by atoms with Crippen molar-refractivity contribution in [1.29, 1.82) is 0 Å². The number of fused-ring (bicyclic) bond motifs is 3. The molecular formula is C20H24FN3O2. The van der Waals surface area contributed by atoms with Gasteiger partial charge in [-0.1, -0.05) is 13.8 Å². The van der Waals surface area contributed by atoms with E-state index in [1.165, 1.54) is 10.8 Å². The Labute approximate surface area is 151 Å². The Balaban J connectivity index is 2.04. The van der Waals surface area contributed by atoms with E-state index < -0.39 is 11.4 Å². The molecule has 2 heterocycles. The predicted octanol–water partition coefficient (Wildman–Crippen LogP) is 3.37. The summed E-state index contributed by atoms with van der Waals surface area (Å²) < 4.78 is 21.7. The van der Waals surface area contributed by atoms with Gasteiger partial charge in [0.25, 0.3) is 5.56 Å². The summed E-state index contributed by atoms with van der Waals surface area (Å²) in [5.41, 5.74) is 6.15. The third-order valence-electron chi connectivity index (χ3n) is 4.48. The number of nitrogens with two attached hydrogens (primary N) is 1. The summed E-state index contributed by atoms with van der Waals surface area (Å²) in [5, 5.41) is 1.19. The highest BCUT2D eigenvalue weighted by atomic mass is 19.1. The van der Waals surface area contributed by atoms with E-state index in [1.54, 1.807) is 25.2 Å². The third-order valence-corrected chi connectivity index (χ3v) is 4.48. The monoisotopic (exact) mass is 357 g/mol. The summed E-state index contributed by atoms with van der Waals surface area (Å²) in [4.78, 5) is 16.3. The van der Waals surface area contributed by atoms with Crippen LogP contribution in [0.4, 0.5) is 4.39 Å². The van der Waals surface area contributed by atoms with Gasteiger partial charge in [-0.25, -0.2) is 4.39 Å². The molecule has 26 heavy (non-hydrogen) atoms. The lowest BCUT2D eigenvalue weighted by atomic mass is 9.93. The number of hydrogen-bond donors (Lipinski definition) is 1. The number of pyridine rings is 2. The number of rotatable bonds is 5. The normalized spacial score (nSPS) is 14.1. The molecule has 0 fully saturated rings. The number of aromatic nitrogens is 2. The van der Waals surface area contributed by atoms with Crippen molar-refractivity contribution in [2.75, 3.05) is 6.61 Å². The predicted molar refractivity (Wildman–Crippen MR) is 102 cm³/mol. The highest BCUT2D eigenvalue weighted by molar-refractivity contribution is 6.05. The minimum Gasteiger partial charge on any atom is -0.492 e. The fourth-order valence-electron chi connectivity index (χ4n) is 3.49. The van der Waals surface area contributed by atoms with E-state index in [-0.39, 0.29) is 16.3 Å². The molecule has 0 saturated heterocycles. The molecule has 0 spiro atoms. The van der Waals surface area contributed by atoms with Gasteiger partial charge < -0.3 is 15.0 Å². The molecule has 0 aliphatic rings. The molecule has 2 N–H and O–H groups in total. The largest absolute Gasteiger partial charge is 0.492 e. The van der Waals surface area contributed by atoms with E-state index in [4.69, 9.17) is 10.5 Å². The topological polar surface area (TPSA) is 70.1 Å². The van der Waals surface area contributed by atoms with E-state index >= 15 is 0 Å². The first-order chi connectivity index (χ1) is 12.2. The summed E-state index contributed by atoms with van der Waals surface area (Å²) in [5.74, 6) is 0.557. The number of benzene rings is 1. The van der Waals surface area contributed by atoms with Gasteiger partial charge in [-0.2, -0.15) is 0 Å². The Morgan fingerprint density at radius 3 is 2.73 bits per heavy atom. The molecule has 0 radical (unpaired) electrons. The minimum absolute atomic E-state index is 0.264. The van der Waals surface area contributed by atoms with Crippen LogP contribution in [0.5, 0.6) is 5.75 Å². The molecular weight excluding hydrogens is 333 g/mol. The lowest BCUT2D eigenvalue weighted by Crippen LogP contribution is -2.43. The van der Waals surface area contributed by atoms with Gasteiger partial charge in [0.2, 0.25) is 0 Å². The third kappa shape index (κ3) is 3.42. The first kappa shape index (κ1) is 18.3. The average Bonchev–Trinajstić information content (AvgIpc) is 2.56. The van der Waals surface area contributed by atoms with Crippen molar-refractivity contribution in [2.45, 2.75) is 32.7 Å². The first-order valence-corrected chi connectivity index (χ1v) is 8.67. The van der Waals surface area contributed by atoms with Crippen molar-refractivity contribution >= 4 is 21.7 Å². The molecule has 0 aliphatic carbocycles. The zero-order valence-corrected chi connectivity index (χ0v) is 15.5. The van der Waals surface area contributed by atoms with Crippen LogP contribution in [-0.2, 0) is 7.05 Å².